The summed E-state index contributed by atoms with van der Waals surface area (Å²) in [5, 5.41) is 5.64. The Morgan fingerprint density at radius 3 is 2.14 bits per heavy atom. The smallest absolute Gasteiger partial charge is 0.493 e. The molecule has 0 saturated carbocycles. The zero-order chi connectivity index (χ0) is 25.9. The lowest BCUT2D eigenvalue weighted by molar-refractivity contribution is -0.116. The summed E-state index contributed by atoms with van der Waals surface area (Å²) in [6.07, 6.45) is 0.0793. The maximum atomic E-state index is 12.6. The van der Waals surface area contributed by atoms with Crippen LogP contribution < -0.4 is 20.1 Å². The second-order valence-electron chi connectivity index (χ2n) is 8.07. The van der Waals surface area contributed by atoms with Crippen LogP contribution in [0.25, 0.3) is 0 Å². The molecule has 0 spiro atoms. The third-order valence-corrected chi connectivity index (χ3v) is 5.19. The summed E-state index contributed by atoms with van der Waals surface area (Å²) in [6.45, 7) is 6.32. The van der Waals surface area contributed by atoms with E-state index in [0.29, 0.717) is 36.4 Å². The van der Waals surface area contributed by atoms with Crippen LogP contribution in [0.2, 0.25) is 0 Å². The summed E-state index contributed by atoms with van der Waals surface area (Å²) in [5.74, 6) is 0.655. The highest BCUT2D eigenvalue weighted by Crippen LogP contribution is 2.23. The summed E-state index contributed by atoms with van der Waals surface area (Å²) >= 11 is 0. The van der Waals surface area contributed by atoms with Crippen LogP contribution in [-0.4, -0.2) is 31.2 Å². The van der Waals surface area contributed by atoms with Gasteiger partial charge in [-0.1, -0.05) is 24.3 Å². The molecule has 8 nitrogen and oxygen atoms in total. The summed E-state index contributed by atoms with van der Waals surface area (Å²) in [6, 6.07) is 19.0. The van der Waals surface area contributed by atoms with Gasteiger partial charge in [0.05, 0.1) is 13.2 Å². The number of anilines is 2. The third-order valence-electron chi connectivity index (χ3n) is 5.19. The molecule has 188 valence electrons. The van der Waals surface area contributed by atoms with Gasteiger partial charge in [0.1, 0.15) is 11.5 Å². The van der Waals surface area contributed by atoms with Gasteiger partial charge in [0, 0.05) is 23.4 Å². The van der Waals surface area contributed by atoms with Crippen molar-refractivity contribution in [3.05, 3.63) is 83.4 Å². The van der Waals surface area contributed by atoms with Gasteiger partial charge in [-0.05, 0) is 80.8 Å². The number of benzene rings is 3. The first-order chi connectivity index (χ1) is 17.4. The number of rotatable bonds is 10. The van der Waals surface area contributed by atoms with Crippen molar-refractivity contribution in [2.45, 2.75) is 33.6 Å². The lowest BCUT2D eigenvalue weighted by atomic mass is 10.1. The number of hydrogen-bond acceptors (Lipinski definition) is 6. The highest BCUT2D eigenvalue weighted by Gasteiger charge is 2.10. The molecule has 3 aromatic carbocycles. The Labute approximate surface area is 210 Å². The molecule has 8 heteroatoms. The Hall–Kier alpha value is -4.33. The molecule has 0 aromatic heterocycles. The second-order valence-corrected chi connectivity index (χ2v) is 8.07. The molecular weight excluding hydrogens is 460 g/mol. The minimum atomic E-state index is -0.803. The number of carbonyl (C=O) groups is 3. The molecule has 2 amide bonds. The predicted octanol–water partition coefficient (Wildman–Crippen LogP) is 5.89. The average molecular weight is 491 g/mol. The minimum Gasteiger partial charge on any atom is -0.493 e. The number of aryl methyl sites for hydroxylation is 2. The van der Waals surface area contributed by atoms with Gasteiger partial charge in [-0.2, -0.15) is 0 Å². The molecule has 0 aliphatic carbocycles. The normalized spacial score (nSPS) is 10.3. The first-order valence-electron chi connectivity index (χ1n) is 11.7. The molecule has 36 heavy (non-hydrogen) atoms. The predicted molar refractivity (Wildman–Crippen MR) is 138 cm³/mol. The fourth-order valence-corrected chi connectivity index (χ4v) is 3.45. The van der Waals surface area contributed by atoms with Crippen molar-refractivity contribution in [3.63, 3.8) is 0 Å². The van der Waals surface area contributed by atoms with E-state index in [4.69, 9.17) is 14.2 Å². The van der Waals surface area contributed by atoms with Crippen LogP contribution in [-0.2, 0) is 9.53 Å². The van der Waals surface area contributed by atoms with Gasteiger partial charge >= 0.3 is 6.16 Å². The topological polar surface area (TPSA) is 103 Å². The van der Waals surface area contributed by atoms with Crippen molar-refractivity contribution >= 4 is 29.3 Å². The van der Waals surface area contributed by atoms with Crippen LogP contribution in [0.4, 0.5) is 16.2 Å². The Balaban J connectivity index is 1.47. The van der Waals surface area contributed by atoms with Crippen molar-refractivity contribution in [2.75, 3.05) is 23.8 Å². The Bertz CT molecular complexity index is 1190. The lowest BCUT2D eigenvalue weighted by Gasteiger charge is -2.12. The van der Waals surface area contributed by atoms with Crippen LogP contribution in [0.3, 0.4) is 0 Å². The van der Waals surface area contributed by atoms with Gasteiger partial charge in [0.25, 0.3) is 5.91 Å². The molecule has 0 radical (unpaired) electrons. The molecule has 0 fully saturated rings. The van der Waals surface area contributed by atoms with Gasteiger partial charge in [-0.15, -0.1) is 0 Å². The average Bonchev–Trinajstić information content (AvgIpc) is 2.84. The number of ether oxygens (including phenoxy) is 3. The second kappa shape index (κ2) is 12.9. The number of amides is 2. The molecule has 0 heterocycles. The number of carbonyl (C=O) groups excluding carboxylic acids is 3. The molecule has 3 aromatic rings. The monoisotopic (exact) mass is 490 g/mol. The zero-order valence-electron chi connectivity index (χ0n) is 20.6. The largest absolute Gasteiger partial charge is 0.513 e. The third kappa shape index (κ3) is 7.87. The SMILES string of the molecule is CCOC(=O)Oc1ccc(C(=O)Nc2cccc(NC(=O)CCCOc3c(C)cccc3C)c2)cc1. The van der Waals surface area contributed by atoms with Crippen molar-refractivity contribution in [3.8, 4) is 11.5 Å². The molecule has 0 saturated heterocycles. The number of nitrogens with one attached hydrogen (secondary N) is 2. The van der Waals surface area contributed by atoms with Crippen molar-refractivity contribution in [1.29, 1.82) is 0 Å². The van der Waals surface area contributed by atoms with E-state index < -0.39 is 6.16 Å². The minimum absolute atomic E-state index is 0.138. The highest BCUT2D eigenvalue weighted by atomic mass is 16.7. The molecule has 0 atom stereocenters. The number of hydrogen-bond donors (Lipinski definition) is 2. The maximum absolute atomic E-state index is 12.6. The van der Waals surface area contributed by atoms with Gasteiger partial charge in [0.2, 0.25) is 5.91 Å². The molecule has 0 aliphatic rings. The Morgan fingerprint density at radius 1 is 0.833 bits per heavy atom. The van der Waals surface area contributed by atoms with Gasteiger partial charge < -0.3 is 24.8 Å². The quantitative estimate of drug-likeness (QED) is 0.209. The molecule has 0 bridgehead atoms. The molecule has 3 rings (SSSR count). The summed E-state index contributed by atoms with van der Waals surface area (Å²) in [5.41, 5.74) is 3.62. The van der Waals surface area contributed by atoms with Crippen LogP contribution in [0, 0.1) is 13.8 Å². The Morgan fingerprint density at radius 2 is 1.47 bits per heavy atom. The van der Waals surface area contributed by atoms with Gasteiger partial charge in [-0.25, -0.2) is 4.79 Å². The van der Waals surface area contributed by atoms with E-state index in [1.807, 2.05) is 32.0 Å². The molecule has 0 unspecified atom stereocenters. The van der Waals surface area contributed by atoms with E-state index >= 15 is 0 Å². The van der Waals surface area contributed by atoms with Crippen LogP contribution >= 0.6 is 0 Å². The first-order valence-corrected chi connectivity index (χ1v) is 11.7. The number of para-hydroxylation sites is 1. The maximum Gasteiger partial charge on any atom is 0.513 e. The molecule has 0 aliphatic heterocycles. The van der Waals surface area contributed by atoms with E-state index in [-0.39, 0.29) is 24.2 Å². The fraction of sp³-hybridized carbons (Fsp3) is 0.250. The van der Waals surface area contributed by atoms with Crippen molar-refractivity contribution in [1.82, 2.24) is 0 Å². The van der Waals surface area contributed by atoms with E-state index in [0.717, 1.165) is 16.9 Å². The molecular formula is C28H30N2O6. The zero-order valence-corrected chi connectivity index (χ0v) is 20.6. The summed E-state index contributed by atoms with van der Waals surface area (Å²) in [4.78, 5) is 36.3. The van der Waals surface area contributed by atoms with Crippen molar-refractivity contribution in [2.24, 2.45) is 0 Å². The Kier molecular flexibility index (Phi) is 9.45. The van der Waals surface area contributed by atoms with E-state index in [1.165, 1.54) is 24.3 Å². The van der Waals surface area contributed by atoms with Gasteiger partial charge in [-0.3, -0.25) is 9.59 Å². The van der Waals surface area contributed by atoms with Crippen LogP contribution in [0.1, 0.15) is 41.3 Å². The van der Waals surface area contributed by atoms with Gasteiger partial charge in [0.15, 0.2) is 0 Å². The summed E-state index contributed by atoms with van der Waals surface area (Å²) in [7, 11) is 0. The van der Waals surface area contributed by atoms with E-state index in [2.05, 4.69) is 10.6 Å². The van der Waals surface area contributed by atoms with E-state index in [9.17, 15) is 14.4 Å². The molecule has 2 N–H and O–H groups in total. The van der Waals surface area contributed by atoms with Crippen LogP contribution in [0.15, 0.2) is 66.7 Å². The van der Waals surface area contributed by atoms with Crippen molar-refractivity contribution < 1.29 is 28.6 Å². The standard InChI is InChI=1S/C28H30N2O6/c1-4-34-28(33)36-24-15-13-21(14-16-24)27(32)30-23-11-6-10-22(18-23)29-25(31)12-7-17-35-26-19(2)8-5-9-20(26)3/h5-6,8-11,13-16,18H,4,7,12,17H2,1-3H3,(H,29,31)(H,30,32). The van der Waals surface area contributed by atoms with E-state index in [1.54, 1.807) is 31.2 Å². The highest BCUT2D eigenvalue weighted by molar-refractivity contribution is 6.04. The first kappa shape index (κ1) is 26.3. The lowest BCUT2D eigenvalue weighted by Crippen LogP contribution is -2.14. The van der Waals surface area contributed by atoms with Crippen LogP contribution in [0.5, 0.6) is 11.5 Å². The fourth-order valence-electron chi connectivity index (χ4n) is 3.45. The summed E-state index contributed by atoms with van der Waals surface area (Å²) < 4.78 is 15.6.